The number of nitrogens with zero attached hydrogens (tertiary/aromatic N) is 1. The number of carbonyl (C=O) groups is 1. The summed E-state index contributed by atoms with van der Waals surface area (Å²) in [6.45, 7) is 1.26. The van der Waals surface area contributed by atoms with E-state index in [1.807, 2.05) is 35.2 Å². The maximum absolute atomic E-state index is 11.3. The Morgan fingerprint density at radius 1 is 1.36 bits per heavy atom. The van der Waals surface area contributed by atoms with Crippen LogP contribution in [0.25, 0.3) is 0 Å². The molecule has 1 fully saturated rings. The molecule has 1 heterocycles. The van der Waals surface area contributed by atoms with Crippen molar-refractivity contribution < 1.29 is 4.79 Å². The van der Waals surface area contributed by atoms with Gasteiger partial charge in [0.05, 0.1) is 6.04 Å². The number of hydrogen-bond acceptors (Lipinski definition) is 2. The van der Waals surface area contributed by atoms with E-state index in [4.69, 9.17) is 5.73 Å². The van der Waals surface area contributed by atoms with Gasteiger partial charge >= 0.3 is 0 Å². The SMILES string of the molecule is NCC1CC(=O)N1Cc1ccccc1. The van der Waals surface area contributed by atoms with Crippen molar-refractivity contribution in [1.29, 1.82) is 0 Å². The highest BCUT2D eigenvalue weighted by molar-refractivity contribution is 5.83. The summed E-state index contributed by atoms with van der Waals surface area (Å²) in [5, 5.41) is 0. The van der Waals surface area contributed by atoms with Gasteiger partial charge in [-0.1, -0.05) is 30.3 Å². The average Bonchev–Trinajstić information content (AvgIpc) is 2.24. The van der Waals surface area contributed by atoms with Crippen LogP contribution in [-0.2, 0) is 11.3 Å². The predicted molar refractivity (Wildman–Crippen MR) is 54.5 cm³/mol. The Morgan fingerprint density at radius 2 is 2.07 bits per heavy atom. The highest BCUT2D eigenvalue weighted by atomic mass is 16.2. The van der Waals surface area contributed by atoms with Crippen LogP contribution < -0.4 is 5.73 Å². The molecule has 0 radical (unpaired) electrons. The largest absolute Gasteiger partial charge is 0.334 e. The number of likely N-dealkylation sites (tertiary alicyclic amines) is 1. The second-order valence-electron chi connectivity index (χ2n) is 3.60. The molecular weight excluding hydrogens is 176 g/mol. The Morgan fingerprint density at radius 3 is 2.64 bits per heavy atom. The third-order valence-electron chi connectivity index (χ3n) is 2.64. The van der Waals surface area contributed by atoms with Crippen molar-refractivity contribution >= 4 is 5.91 Å². The average molecular weight is 190 g/mol. The van der Waals surface area contributed by atoms with Crippen molar-refractivity contribution in [1.82, 2.24) is 4.90 Å². The number of amides is 1. The normalized spacial score (nSPS) is 20.8. The zero-order valence-corrected chi connectivity index (χ0v) is 8.02. The second kappa shape index (κ2) is 3.80. The third kappa shape index (κ3) is 1.63. The monoisotopic (exact) mass is 190 g/mol. The van der Waals surface area contributed by atoms with Crippen LogP contribution in [0.1, 0.15) is 12.0 Å². The molecular formula is C11H14N2O. The lowest BCUT2D eigenvalue weighted by Crippen LogP contribution is -2.55. The molecule has 0 aromatic heterocycles. The number of hydrogen-bond donors (Lipinski definition) is 1. The van der Waals surface area contributed by atoms with Gasteiger partial charge in [-0.2, -0.15) is 0 Å². The summed E-state index contributed by atoms with van der Waals surface area (Å²) < 4.78 is 0. The van der Waals surface area contributed by atoms with Crippen molar-refractivity contribution in [3.8, 4) is 0 Å². The molecule has 1 aromatic rings. The minimum Gasteiger partial charge on any atom is -0.334 e. The summed E-state index contributed by atoms with van der Waals surface area (Å²) >= 11 is 0. The first-order valence-electron chi connectivity index (χ1n) is 4.84. The third-order valence-corrected chi connectivity index (χ3v) is 2.64. The first-order valence-corrected chi connectivity index (χ1v) is 4.84. The fourth-order valence-electron chi connectivity index (χ4n) is 1.73. The maximum atomic E-state index is 11.3. The molecule has 0 bridgehead atoms. The lowest BCUT2D eigenvalue weighted by atomic mass is 10.0. The summed E-state index contributed by atoms with van der Waals surface area (Å²) in [6, 6.07) is 10.2. The molecule has 2 N–H and O–H groups in total. The first kappa shape index (κ1) is 9.21. The first-order chi connectivity index (χ1) is 6.81. The molecule has 1 saturated heterocycles. The molecule has 0 spiro atoms. The van der Waals surface area contributed by atoms with Gasteiger partial charge in [0, 0.05) is 19.5 Å². The summed E-state index contributed by atoms with van der Waals surface area (Å²) in [4.78, 5) is 13.1. The van der Waals surface area contributed by atoms with Crippen molar-refractivity contribution in [2.24, 2.45) is 5.73 Å². The van der Waals surface area contributed by atoms with Crippen LogP contribution in [0.2, 0.25) is 0 Å². The summed E-state index contributed by atoms with van der Waals surface area (Å²) in [5.41, 5.74) is 6.71. The van der Waals surface area contributed by atoms with Gasteiger partial charge in [-0.15, -0.1) is 0 Å². The van der Waals surface area contributed by atoms with E-state index in [0.717, 1.165) is 0 Å². The highest BCUT2D eigenvalue weighted by Gasteiger charge is 2.34. The van der Waals surface area contributed by atoms with E-state index >= 15 is 0 Å². The molecule has 3 nitrogen and oxygen atoms in total. The van der Waals surface area contributed by atoms with Crippen molar-refractivity contribution in [2.45, 2.75) is 19.0 Å². The van der Waals surface area contributed by atoms with Crippen LogP contribution in [0.5, 0.6) is 0 Å². The number of benzene rings is 1. The van der Waals surface area contributed by atoms with Gasteiger partial charge in [0.1, 0.15) is 0 Å². The Hall–Kier alpha value is -1.35. The number of carbonyl (C=O) groups excluding carboxylic acids is 1. The minimum absolute atomic E-state index is 0.212. The maximum Gasteiger partial charge on any atom is 0.225 e. The molecule has 1 unspecified atom stereocenters. The summed E-state index contributed by atoms with van der Waals surface area (Å²) in [6.07, 6.45) is 0.614. The molecule has 3 heteroatoms. The van der Waals surface area contributed by atoms with Crippen molar-refractivity contribution in [2.75, 3.05) is 6.54 Å². The van der Waals surface area contributed by atoms with E-state index in [0.29, 0.717) is 19.5 Å². The molecule has 1 aliphatic rings. The summed E-state index contributed by atoms with van der Waals surface area (Å²) in [5.74, 6) is 0.212. The Balaban J connectivity index is 2.01. The molecule has 74 valence electrons. The fraction of sp³-hybridized carbons (Fsp3) is 0.364. The Labute approximate surface area is 83.5 Å². The minimum atomic E-state index is 0.212. The van der Waals surface area contributed by atoms with E-state index in [1.165, 1.54) is 5.56 Å². The smallest absolute Gasteiger partial charge is 0.225 e. The standard InChI is InChI=1S/C11H14N2O/c12-7-10-6-11(14)13(10)8-9-4-2-1-3-5-9/h1-5,10H,6-8,12H2. The highest BCUT2D eigenvalue weighted by Crippen LogP contribution is 2.20. The quantitative estimate of drug-likeness (QED) is 0.715. The molecule has 14 heavy (non-hydrogen) atoms. The van der Waals surface area contributed by atoms with Crippen LogP contribution in [0.4, 0.5) is 0 Å². The van der Waals surface area contributed by atoms with Gasteiger partial charge < -0.3 is 10.6 Å². The lowest BCUT2D eigenvalue weighted by molar-refractivity contribution is -0.146. The van der Waals surface area contributed by atoms with Crippen LogP contribution >= 0.6 is 0 Å². The van der Waals surface area contributed by atoms with E-state index in [9.17, 15) is 4.79 Å². The van der Waals surface area contributed by atoms with Crippen LogP contribution in [0, 0.1) is 0 Å². The van der Waals surface area contributed by atoms with Crippen LogP contribution in [-0.4, -0.2) is 23.4 Å². The zero-order chi connectivity index (χ0) is 9.97. The van der Waals surface area contributed by atoms with Crippen molar-refractivity contribution in [3.63, 3.8) is 0 Å². The molecule has 1 aliphatic heterocycles. The van der Waals surface area contributed by atoms with Gasteiger partial charge in [0.25, 0.3) is 0 Å². The second-order valence-corrected chi connectivity index (χ2v) is 3.60. The molecule has 1 atom stereocenters. The Kier molecular flexibility index (Phi) is 2.50. The van der Waals surface area contributed by atoms with E-state index in [-0.39, 0.29) is 11.9 Å². The topological polar surface area (TPSA) is 46.3 Å². The molecule has 2 rings (SSSR count). The lowest BCUT2D eigenvalue weighted by Gasteiger charge is -2.39. The number of nitrogens with two attached hydrogens (primary N) is 1. The van der Waals surface area contributed by atoms with E-state index < -0.39 is 0 Å². The van der Waals surface area contributed by atoms with E-state index in [1.54, 1.807) is 0 Å². The van der Waals surface area contributed by atoms with E-state index in [2.05, 4.69) is 0 Å². The Bertz CT molecular complexity index is 323. The number of β-lactam (4-membered cyclic amide) rings is 1. The zero-order valence-electron chi connectivity index (χ0n) is 8.02. The number of rotatable bonds is 3. The fourth-order valence-corrected chi connectivity index (χ4v) is 1.73. The van der Waals surface area contributed by atoms with Gasteiger partial charge in [-0.25, -0.2) is 0 Å². The predicted octanol–water partition coefficient (Wildman–Crippen LogP) is 0.746. The van der Waals surface area contributed by atoms with Gasteiger partial charge in [-0.05, 0) is 5.56 Å². The van der Waals surface area contributed by atoms with Gasteiger partial charge in [0.15, 0.2) is 0 Å². The van der Waals surface area contributed by atoms with Crippen molar-refractivity contribution in [3.05, 3.63) is 35.9 Å². The molecule has 1 aromatic carbocycles. The summed E-state index contributed by atoms with van der Waals surface area (Å²) in [7, 11) is 0. The van der Waals surface area contributed by atoms with Gasteiger partial charge in [0.2, 0.25) is 5.91 Å². The van der Waals surface area contributed by atoms with Gasteiger partial charge in [-0.3, -0.25) is 4.79 Å². The van der Waals surface area contributed by atoms with Crippen LogP contribution in [0.3, 0.4) is 0 Å². The molecule has 0 saturated carbocycles. The molecule has 0 aliphatic carbocycles. The molecule has 1 amide bonds. The van der Waals surface area contributed by atoms with Crippen LogP contribution in [0.15, 0.2) is 30.3 Å².